The minimum absolute atomic E-state index is 0.0248. The van der Waals surface area contributed by atoms with E-state index in [4.69, 9.17) is 23.2 Å². The standard InChI is InChI=1S/C21H17BrCl2N2O/c1-3-25-18(22)11-16-20(25)19(13-5-8-14(23)9-6-13)26(21(16)27)17-10-15(24)7-4-12(17)2/h4-11,19H,3H2,1-2H3. The van der Waals surface area contributed by atoms with Crippen LogP contribution in [0.4, 0.5) is 5.69 Å². The molecule has 1 aliphatic heterocycles. The number of amides is 1. The van der Waals surface area contributed by atoms with Crippen LogP contribution in [0.2, 0.25) is 10.0 Å². The molecular formula is C21H17BrCl2N2O. The fourth-order valence-corrected chi connectivity index (χ4v) is 4.69. The zero-order valence-corrected chi connectivity index (χ0v) is 17.9. The summed E-state index contributed by atoms with van der Waals surface area (Å²) in [5, 5.41) is 1.27. The number of aryl methyl sites for hydroxylation is 1. The van der Waals surface area contributed by atoms with Crippen molar-refractivity contribution in [3.05, 3.63) is 85.6 Å². The normalized spacial score (nSPS) is 16.1. The number of carbonyl (C=O) groups excluding carboxylic acids is 1. The van der Waals surface area contributed by atoms with Gasteiger partial charge < -0.3 is 4.57 Å². The molecule has 1 atom stereocenters. The number of nitrogens with zero attached hydrogens (tertiary/aromatic N) is 2. The summed E-state index contributed by atoms with van der Waals surface area (Å²) >= 11 is 16.0. The first kappa shape index (κ1) is 18.6. The zero-order chi connectivity index (χ0) is 19.3. The third-order valence-electron chi connectivity index (χ3n) is 4.99. The smallest absolute Gasteiger partial charge is 0.261 e. The fourth-order valence-electron chi connectivity index (χ4n) is 3.73. The topological polar surface area (TPSA) is 25.2 Å². The number of anilines is 1. The van der Waals surface area contributed by atoms with E-state index in [2.05, 4.69) is 27.4 Å². The first-order chi connectivity index (χ1) is 12.9. The number of rotatable bonds is 3. The third kappa shape index (κ3) is 3.00. The summed E-state index contributed by atoms with van der Waals surface area (Å²) in [6, 6.07) is 15.0. The first-order valence-electron chi connectivity index (χ1n) is 8.66. The molecule has 0 radical (unpaired) electrons. The van der Waals surface area contributed by atoms with Crippen molar-refractivity contribution in [3.8, 4) is 0 Å². The predicted molar refractivity (Wildman–Crippen MR) is 114 cm³/mol. The molecule has 0 saturated heterocycles. The van der Waals surface area contributed by atoms with Gasteiger partial charge in [-0.2, -0.15) is 0 Å². The van der Waals surface area contributed by atoms with Gasteiger partial charge in [-0.05, 0) is 71.2 Å². The summed E-state index contributed by atoms with van der Waals surface area (Å²) in [7, 11) is 0. The Morgan fingerprint density at radius 1 is 1.04 bits per heavy atom. The highest BCUT2D eigenvalue weighted by molar-refractivity contribution is 9.10. The summed E-state index contributed by atoms with van der Waals surface area (Å²) in [4.78, 5) is 15.3. The van der Waals surface area contributed by atoms with Gasteiger partial charge in [0.05, 0.1) is 15.9 Å². The molecular weight excluding hydrogens is 447 g/mol. The highest BCUT2D eigenvalue weighted by Gasteiger charge is 2.42. The number of fused-ring (bicyclic) bond motifs is 1. The van der Waals surface area contributed by atoms with Gasteiger partial charge in [0.25, 0.3) is 5.91 Å². The Labute approximate surface area is 176 Å². The van der Waals surface area contributed by atoms with Crippen molar-refractivity contribution in [2.45, 2.75) is 26.4 Å². The average Bonchev–Trinajstić information content (AvgIpc) is 3.11. The van der Waals surface area contributed by atoms with Gasteiger partial charge in [-0.1, -0.05) is 41.4 Å². The van der Waals surface area contributed by atoms with Crippen molar-refractivity contribution in [2.24, 2.45) is 0 Å². The van der Waals surface area contributed by atoms with E-state index in [1.807, 2.05) is 60.4 Å². The molecule has 6 heteroatoms. The molecule has 2 heterocycles. The molecule has 0 N–H and O–H groups in total. The lowest BCUT2D eigenvalue weighted by atomic mass is 10.0. The molecule has 1 aromatic heterocycles. The second kappa shape index (κ2) is 7.01. The van der Waals surface area contributed by atoms with Crippen LogP contribution in [0.5, 0.6) is 0 Å². The van der Waals surface area contributed by atoms with Crippen molar-refractivity contribution >= 4 is 50.7 Å². The van der Waals surface area contributed by atoms with E-state index >= 15 is 0 Å². The summed E-state index contributed by atoms with van der Waals surface area (Å²) in [5.74, 6) is -0.0248. The minimum atomic E-state index is -0.242. The summed E-state index contributed by atoms with van der Waals surface area (Å²) < 4.78 is 3.04. The Morgan fingerprint density at radius 3 is 2.37 bits per heavy atom. The van der Waals surface area contributed by atoms with Crippen molar-refractivity contribution in [3.63, 3.8) is 0 Å². The number of aromatic nitrogens is 1. The first-order valence-corrected chi connectivity index (χ1v) is 10.2. The molecule has 1 unspecified atom stereocenters. The Morgan fingerprint density at radius 2 is 1.70 bits per heavy atom. The molecule has 2 aromatic carbocycles. The van der Waals surface area contributed by atoms with E-state index in [9.17, 15) is 4.79 Å². The highest BCUT2D eigenvalue weighted by Crippen LogP contribution is 2.45. The maximum atomic E-state index is 13.4. The van der Waals surface area contributed by atoms with Crippen molar-refractivity contribution in [2.75, 3.05) is 4.90 Å². The predicted octanol–water partition coefficient (Wildman–Crippen LogP) is 6.64. The Kier molecular flexibility index (Phi) is 4.83. The fraction of sp³-hybridized carbons (Fsp3) is 0.190. The molecule has 0 saturated carbocycles. The molecule has 138 valence electrons. The second-order valence-electron chi connectivity index (χ2n) is 6.57. The van der Waals surface area contributed by atoms with Crippen LogP contribution < -0.4 is 4.90 Å². The zero-order valence-electron chi connectivity index (χ0n) is 14.8. The highest BCUT2D eigenvalue weighted by atomic mass is 79.9. The average molecular weight is 464 g/mol. The van der Waals surface area contributed by atoms with Crippen molar-refractivity contribution in [1.29, 1.82) is 0 Å². The van der Waals surface area contributed by atoms with Crippen molar-refractivity contribution < 1.29 is 4.79 Å². The molecule has 4 rings (SSSR count). The Balaban J connectivity index is 1.97. The molecule has 1 amide bonds. The van der Waals surface area contributed by atoms with Gasteiger partial charge in [-0.3, -0.25) is 9.69 Å². The molecule has 0 spiro atoms. The summed E-state index contributed by atoms with van der Waals surface area (Å²) in [6.07, 6.45) is 0. The van der Waals surface area contributed by atoms with Crippen LogP contribution in [-0.4, -0.2) is 10.5 Å². The Hall–Kier alpha value is -1.75. The third-order valence-corrected chi connectivity index (χ3v) is 6.13. The quantitative estimate of drug-likeness (QED) is 0.427. The number of hydrogen-bond donors (Lipinski definition) is 0. The number of benzene rings is 2. The molecule has 3 nitrogen and oxygen atoms in total. The largest absolute Gasteiger partial charge is 0.337 e. The monoisotopic (exact) mass is 462 g/mol. The van der Waals surface area contributed by atoms with E-state index in [0.717, 1.165) is 33.7 Å². The van der Waals surface area contributed by atoms with Crippen LogP contribution in [0.15, 0.2) is 53.1 Å². The molecule has 0 fully saturated rings. The lowest BCUT2D eigenvalue weighted by Gasteiger charge is -2.29. The second-order valence-corrected chi connectivity index (χ2v) is 8.26. The van der Waals surface area contributed by atoms with Crippen LogP contribution in [-0.2, 0) is 6.54 Å². The van der Waals surface area contributed by atoms with Gasteiger partial charge in [0.15, 0.2) is 0 Å². The maximum absolute atomic E-state index is 13.4. The van der Waals surface area contributed by atoms with Gasteiger partial charge in [-0.15, -0.1) is 0 Å². The van der Waals surface area contributed by atoms with E-state index in [1.54, 1.807) is 0 Å². The molecule has 0 aliphatic carbocycles. The lowest BCUT2D eigenvalue weighted by Crippen LogP contribution is -2.30. The summed E-state index contributed by atoms with van der Waals surface area (Å²) in [6.45, 7) is 4.82. The SMILES string of the molecule is CCn1c(Br)cc2c1C(c1ccc(Cl)cc1)N(c1cc(Cl)ccc1C)C2=O. The Bertz CT molecular complexity index is 1040. The molecule has 0 bridgehead atoms. The van der Waals surface area contributed by atoms with Gasteiger partial charge in [-0.25, -0.2) is 0 Å². The van der Waals surface area contributed by atoms with Gasteiger partial charge in [0.1, 0.15) is 6.04 Å². The van der Waals surface area contributed by atoms with Gasteiger partial charge in [0.2, 0.25) is 0 Å². The van der Waals surface area contributed by atoms with E-state index in [1.165, 1.54) is 0 Å². The number of halogens is 3. The van der Waals surface area contributed by atoms with E-state index in [0.29, 0.717) is 15.6 Å². The number of hydrogen-bond acceptors (Lipinski definition) is 1. The number of carbonyl (C=O) groups is 1. The van der Waals surface area contributed by atoms with E-state index in [-0.39, 0.29) is 11.9 Å². The van der Waals surface area contributed by atoms with Crippen LogP contribution in [0.1, 0.15) is 40.1 Å². The minimum Gasteiger partial charge on any atom is -0.337 e. The molecule has 27 heavy (non-hydrogen) atoms. The summed E-state index contributed by atoms with van der Waals surface area (Å²) in [5.41, 5.74) is 4.52. The van der Waals surface area contributed by atoms with E-state index < -0.39 is 0 Å². The van der Waals surface area contributed by atoms with Gasteiger partial charge in [0, 0.05) is 22.3 Å². The van der Waals surface area contributed by atoms with Crippen LogP contribution in [0.3, 0.4) is 0 Å². The molecule has 3 aromatic rings. The van der Waals surface area contributed by atoms with Crippen molar-refractivity contribution in [1.82, 2.24) is 4.57 Å². The lowest BCUT2D eigenvalue weighted by molar-refractivity contribution is 0.0993. The van der Waals surface area contributed by atoms with Crippen LogP contribution >= 0.6 is 39.1 Å². The molecule has 1 aliphatic rings. The van der Waals surface area contributed by atoms with Crippen LogP contribution in [0.25, 0.3) is 0 Å². The maximum Gasteiger partial charge on any atom is 0.261 e. The van der Waals surface area contributed by atoms with Crippen LogP contribution in [0, 0.1) is 6.92 Å². The van der Waals surface area contributed by atoms with Gasteiger partial charge >= 0.3 is 0 Å².